The van der Waals surface area contributed by atoms with E-state index in [2.05, 4.69) is 35.5 Å². The molecule has 2 aliphatic heterocycles. The van der Waals surface area contributed by atoms with E-state index in [1.807, 2.05) is 29.2 Å². The number of para-hydroxylation sites is 1. The van der Waals surface area contributed by atoms with Gasteiger partial charge < -0.3 is 10.2 Å². The van der Waals surface area contributed by atoms with Gasteiger partial charge in [0.05, 0.1) is 0 Å². The number of hydrogen-bond donors (Lipinski definition) is 1. The van der Waals surface area contributed by atoms with Gasteiger partial charge in [0.1, 0.15) is 0 Å². The van der Waals surface area contributed by atoms with E-state index < -0.39 is 0 Å². The van der Waals surface area contributed by atoms with E-state index in [-0.39, 0.29) is 6.03 Å². The Labute approximate surface area is 136 Å². The van der Waals surface area contributed by atoms with Gasteiger partial charge in [-0.1, -0.05) is 24.3 Å². The topological polar surface area (TPSA) is 35.6 Å². The summed E-state index contributed by atoms with van der Waals surface area (Å²) in [5, 5.41) is 3.06. The Morgan fingerprint density at radius 3 is 2.74 bits per heavy atom. The highest BCUT2D eigenvalue weighted by Gasteiger charge is 2.24. The van der Waals surface area contributed by atoms with Crippen molar-refractivity contribution in [2.24, 2.45) is 0 Å². The smallest absolute Gasteiger partial charge is 0.308 e. The lowest BCUT2D eigenvalue weighted by molar-refractivity contribution is 0.257. The van der Waals surface area contributed by atoms with Crippen LogP contribution in [0.3, 0.4) is 0 Å². The summed E-state index contributed by atoms with van der Waals surface area (Å²) in [6.45, 7) is 2.80. The number of carbonyl (C=O) groups is 1. The molecule has 0 saturated carbocycles. The van der Waals surface area contributed by atoms with Gasteiger partial charge in [-0.25, -0.2) is 4.79 Å². The van der Waals surface area contributed by atoms with Crippen LogP contribution in [-0.4, -0.2) is 31.1 Å². The van der Waals surface area contributed by atoms with Crippen LogP contribution < -0.4 is 10.2 Å². The molecule has 2 heterocycles. The van der Waals surface area contributed by atoms with E-state index in [9.17, 15) is 4.79 Å². The average Bonchev–Trinajstić information content (AvgIpc) is 2.98. The maximum atomic E-state index is 12.6. The molecular weight excluding hydrogens is 286 g/mol. The molecule has 0 fully saturated rings. The number of hydrogen-bond acceptors (Lipinski definition) is 2. The number of fused-ring (bicyclic) bond motifs is 2. The van der Waals surface area contributed by atoms with Crippen LogP contribution in [0, 0.1) is 0 Å². The van der Waals surface area contributed by atoms with Gasteiger partial charge in [-0.2, -0.15) is 0 Å². The number of likely N-dealkylation sites (N-methyl/N-ethyl adjacent to an activating group) is 1. The van der Waals surface area contributed by atoms with Crippen molar-refractivity contribution in [3.63, 3.8) is 0 Å². The predicted octanol–water partition coefficient (Wildman–Crippen LogP) is 3.27. The molecule has 2 aromatic carbocycles. The van der Waals surface area contributed by atoms with Crippen LogP contribution in [0.15, 0.2) is 42.5 Å². The fourth-order valence-corrected chi connectivity index (χ4v) is 3.52. The minimum Gasteiger partial charge on any atom is -0.308 e. The first-order chi connectivity index (χ1) is 11.2. The highest BCUT2D eigenvalue weighted by Crippen LogP contribution is 2.28. The van der Waals surface area contributed by atoms with Crippen LogP contribution in [0.5, 0.6) is 0 Å². The molecule has 23 heavy (non-hydrogen) atoms. The number of rotatable bonds is 1. The van der Waals surface area contributed by atoms with Crippen molar-refractivity contribution >= 4 is 17.4 Å². The number of amides is 2. The van der Waals surface area contributed by atoms with Gasteiger partial charge in [-0.3, -0.25) is 4.90 Å². The summed E-state index contributed by atoms with van der Waals surface area (Å²) in [6, 6.07) is 14.4. The third kappa shape index (κ3) is 2.70. The number of anilines is 2. The Morgan fingerprint density at radius 2 is 1.83 bits per heavy atom. The maximum Gasteiger partial charge on any atom is 0.326 e. The summed E-state index contributed by atoms with van der Waals surface area (Å²) in [4.78, 5) is 16.8. The minimum absolute atomic E-state index is 0.0425. The molecule has 0 unspecified atom stereocenters. The molecule has 0 bridgehead atoms. The largest absolute Gasteiger partial charge is 0.326 e. The van der Waals surface area contributed by atoms with E-state index in [0.717, 1.165) is 43.9 Å². The van der Waals surface area contributed by atoms with Crippen LogP contribution in [-0.2, 0) is 19.4 Å². The molecular formula is C19H21N3O. The van der Waals surface area contributed by atoms with E-state index in [4.69, 9.17) is 0 Å². The van der Waals surface area contributed by atoms with E-state index in [1.54, 1.807) is 0 Å². The van der Waals surface area contributed by atoms with Crippen molar-refractivity contribution in [1.29, 1.82) is 0 Å². The molecule has 2 amide bonds. The van der Waals surface area contributed by atoms with Crippen molar-refractivity contribution in [3.05, 3.63) is 59.2 Å². The van der Waals surface area contributed by atoms with Gasteiger partial charge in [-0.15, -0.1) is 0 Å². The van der Waals surface area contributed by atoms with Crippen molar-refractivity contribution in [1.82, 2.24) is 4.90 Å². The molecule has 0 aliphatic carbocycles. The Bertz CT molecular complexity index is 756. The molecule has 0 radical (unpaired) electrons. The van der Waals surface area contributed by atoms with E-state index >= 15 is 0 Å². The molecule has 2 aromatic rings. The average molecular weight is 307 g/mol. The van der Waals surface area contributed by atoms with E-state index in [1.165, 1.54) is 16.7 Å². The Hall–Kier alpha value is -2.33. The van der Waals surface area contributed by atoms with Crippen LogP contribution in [0.4, 0.5) is 16.2 Å². The number of carbonyl (C=O) groups excluding carboxylic acids is 1. The molecule has 118 valence electrons. The van der Waals surface area contributed by atoms with Crippen molar-refractivity contribution in [2.75, 3.05) is 30.4 Å². The lowest BCUT2D eigenvalue weighted by Gasteiger charge is -2.25. The fourth-order valence-electron chi connectivity index (χ4n) is 3.52. The monoisotopic (exact) mass is 307 g/mol. The van der Waals surface area contributed by atoms with Crippen LogP contribution in [0.25, 0.3) is 0 Å². The molecule has 0 saturated heterocycles. The maximum absolute atomic E-state index is 12.6. The summed E-state index contributed by atoms with van der Waals surface area (Å²) >= 11 is 0. The van der Waals surface area contributed by atoms with Gasteiger partial charge in [0, 0.05) is 31.0 Å². The second-order valence-electron chi connectivity index (χ2n) is 6.43. The zero-order valence-electron chi connectivity index (χ0n) is 13.4. The standard InChI is InChI=1S/C19H21N3O/c1-21-10-8-14-6-7-17(12-16(14)13-21)20-19(23)22-11-9-15-4-2-3-5-18(15)22/h2-7,12H,8-11,13H2,1H3,(H,20,23). The summed E-state index contributed by atoms with van der Waals surface area (Å²) < 4.78 is 0. The summed E-state index contributed by atoms with van der Waals surface area (Å²) in [5.74, 6) is 0. The molecule has 4 rings (SSSR count). The summed E-state index contributed by atoms with van der Waals surface area (Å²) in [5.41, 5.74) is 5.87. The number of nitrogens with one attached hydrogen (secondary N) is 1. The van der Waals surface area contributed by atoms with Crippen molar-refractivity contribution in [3.8, 4) is 0 Å². The number of urea groups is 1. The number of benzene rings is 2. The Morgan fingerprint density at radius 1 is 1.00 bits per heavy atom. The zero-order chi connectivity index (χ0) is 15.8. The third-order valence-electron chi connectivity index (χ3n) is 4.79. The highest BCUT2D eigenvalue weighted by atomic mass is 16.2. The Balaban J connectivity index is 1.53. The second-order valence-corrected chi connectivity index (χ2v) is 6.43. The summed E-state index contributed by atoms with van der Waals surface area (Å²) in [7, 11) is 2.13. The Kier molecular flexibility index (Phi) is 3.54. The first-order valence-corrected chi connectivity index (χ1v) is 8.17. The second kappa shape index (κ2) is 5.70. The van der Waals surface area contributed by atoms with E-state index in [0.29, 0.717) is 0 Å². The fraction of sp³-hybridized carbons (Fsp3) is 0.316. The molecule has 4 heteroatoms. The van der Waals surface area contributed by atoms with Crippen molar-refractivity contribution < 1.29 is 4.79 Å². The first kappa shape index (κ1) is 14.3. The zero-order valence-corrected chi connectivity index (χ0v) is 13.4. The lowest BCUT2D eigenvalue weighted by Crippen LogP contribution is -2.33. The summed E-state index contributed by atoms with van der Waals surface area (Å²) in [6.07, 6.45) is 2.01. The molecule has 4 nitrogen and oxygen atoms in total. The molecule has 1 N–H and O–H groups in total. The van der Waals surface area contributed by atoms with Crippen LogP contribution in [0.2, 0.25) is 0 Å². The van der Waals surface area contributed by atoms with Crippen molar-refractivity contribution in [2.45, 2.75) is 19.4 Å². The molecule has 0 spiro atoms. The molecule has 2 aliphatic rings. The van der Waals surface area contributed by atoms with Gasteiger partial charge in [0.2, 0.25) is 0 Å². The highest BCUT2D eigenvalue weighted by molar-refractivity contribution is 6.03. The van der Waals surface area contributed by atoms with Gasteiger partial charge in [0.15, 0.2) is 0 Å². The van der Waals surface area contributed by atoms with Gasteiger partial charge in [-0.05, 0) is 54.8 Å². The van der Waals surface area contributed by atoms with Gasteiger partial charge >= 0.3 is 6.03 Å². The van der Waals surface area contributed by atoms with Gasteiger partial charge in [0.25, 0.3) is 0 Å². The number of nitrogens with zero attached hydrogens (tertiary/aromatic N) is 2. The molecule has 0 aromatic heterocycles. The lowest BCUT2D eigenvalue weighted by atomic mass is 9.99. The normalized spacial score (nSPS) is 16.8. The van der Waals surface area contributed by atoms with Crippen LogP contribution in [0.1, 0.15) is 16.7 Å². The molecule has 0 atom stereocenters. The SMILES string of the molecule is CN1CCc2ccc(NC(=O)N3CCc4ccccc43)cc2C1. The first-order valence-electron chi connectivity index (χ1n) is 8.17. The third-order valence-corrected chi connectivity index (χ3v) is 4.79. The van der Waals surface area contributed by atoms with Crippen LogP contribution >= 0.6 is 0 Å². The predicted molar refractivity (Wildman–Crippen MR) is 93.0 cm³/mol. The minimum atomic E-state index is -0.0425. The quantitative estimate of drug-likeness (QED) is 0.877.